The molecule has 1 aromatic heterocycles. The Bertz CT molecular complexity index is 377. The van der Waals surface area contributed by atoms with Gasteiger partial charge in [-0.2, -0.15) is 0 Å². The molecule has 0 radical (unpaired) electrons. The van der Waals surface area contributed by atoms with E-state index in [2.05, 4.69) is 20.7 Å². The van der Waals surface area contributed by atoms with E-state index < -0.39 is 0 Å². The molecule has 6 heteroatoms. The summed E-state index contributed by atoms with van der Waals surface area (Å²) in [7, 11) is 1.66. The summed E-state index contributed by atoms with van der Waals surface area (Å²) in [6.07, 6.45) is 1.81. The summed E-state index contributed by atoms with van der Waals surface area (Å²) < 4.78 is 5.03. The summed E-state index contributed by atoms with van der Waals surface area (Å²) in [6.45, 7) is 5.06. The van der Waals surface area contributed by atoms with Gasteiger partial charge in [-0.05, 0) is 25.5 Å². The highest BCUT2D eigenvalue weighted by Gasteiger charge is 2.03. The summed E-state index contributed by atoms with van der Waals surface area (Å²) in [6, 6.07) is 4.10. The van der Waals surface area contributed by atoms with Crippen molar-refractivity contribution < 1.29 is 4.74 Å². The average Bonchev–Trinajstić information content (AvgIpc) is 2.36. The highest BCUT2D eigenvalue weighted by Crippen LogP contribution is 2.00. The van der Waals surface area contributed by atoms with Gasteiger partial charge in [-0.3, -0.25) is 10.4 Å². The van der Waals surface area contributed by atoms with E-state index in [-0.39, 0.29) is 6.04 Å². The number of aromatic nitrogens is 1. The number of rotatable bonds is 5. The maximum absolute atomic E-state index is 5.41. The number of nitrogens with one attached hydrogen (secondary N) is 2. The topological polar surface area (TPSA) is 84.6 Å². The molecule has 1 atom stereocenters. The summed E-state index contributed by atoms with van der Waals surface area (Å²) in [5, 5.41) is 3.12. The molecule has 1 rings (SSSR count). The molecule has 6 nitrogen and oxygen atoms in total. The van der Waals surface area contributed by atoms with Gasteiger partial charge in [0, 0.05) is 25.0 Å². The van der Waals surface area contributed by atoms with Crippen molar-refractivity contribution in [2.24, 2.45) is 10.8 Å². The van der Waals surface area contributed by atoms with Crippen molar-refractivity contribution in [2.45, 2.75) is 26.4 Å². The van der Waals surface area contributed by atoms with Gasteiger partial charge in [0.25, 0.3) is 0 Å². The molecule has 0 aliphatic rings. The number of pyridine rings is 1. The molecule has 0 fully saturated rings. The van der Waals surface area contributed by atoms with Crippen LogP contribution in [0.2, 0.25) is 0 Å². The van der Waals surface area contributed by atoms with E-state index in [9.17, 15) is 0 Å². The second kappa shape index (κ2) is 7.62. The Labute approximate surface area is 108 Å². The number of hydrogen-bond acceptors (Lipinski definition) is 4. The predicted octanol–water partition coefficient (Wildman–Crippen LogP) is 0.334. The first-order valence-electron chi connectivity index (χ1n) is 5.83. The lowest BCUT2D eigenvalue weighted by molar-refractivity contribution is 0.179. The Hall–Kier alpha value is -1.66. The molecule has 4 N–H and O–H groups in total. The van der Waals surface area contributed by atoms with Crippen molar-refractivity contribution in [1.82, 2.24) is 15.7 Å². The third kappa shape index (κ3) is 5.11. The molecule has 0 aliphatic carbocycles. The monoisotopic (exact) mass is 251 g/mol. The van der Waals surface area contributed by atoms with Gasteiger partial charge in [0.05, 0.1) is 13.2 Å². The van der Waals surface area contributed by atoms with E-state index in [1.54, 1.807) is 7.11 Å². The number of nitrogens with two attached hydrogens (primary N) is 1. The van der Waals surface area contributed by atoms with E-state index in [0.717, 1.165) is 11.3 Å². The van der Waals surface area contributed by atoms with Crippen LogP contribution in [0.5, 0.6) is 0 Å². The van der Waals surface area contributed by atoms with Crippen LogP contribution >= 0.6 is 0 Å². The van der Waals surface area contributed by atoms with Crippen LogP contribution in [0.3, 0.4) is 0 Å². The van der Waals surface area contributed by atoms with Crippen LogP contribution in [-0.4, -0.2) is 30.7 Å². The predicted molar refractivity (Wildman–Crippen MR) is 71.9 cm³/mol. The standard InChI is InChI=1S/C12H21N5O/c1-9-4-5-11(6-14-9)7-15-12(17-13)16-10(2)8-18-3/h4-6,10H,7-8,13H2,1-3H3,(H2,15,16,17). The zero-order chi connectivity index (χ0) is 13.4. The third-order valence-corrected chi connectivity index (χ3v) is 2.33. The van der Waals surface area contributed by atoms with Crippen molar-refractivity contribution in [1.29, 1.82) is 0 Å². The lowest BCUT2D eigenvalue weighted by Gasteiger charge is -2.15. The first-order chi connectivity index (χ1) is 8.65. The summed E-state index contributed by atoms with van der Waals surface area (Å²) in [4.78, 5) is 8.55. The first kappa shape index (κ1) is 14.4. The van der Waals surface area contributed by atoms with Gasteiger partial charge >= 0.3 is 0 Å². The van der Waals surface area contributed by atoms with E-state index in [0.29, 0.717) is 19.1 Å². The number of hydrazine groups is 1. The molecule has 0 aromatic carbocycles. The normalized spacial score (nSPS) is 13.2. The zero-order valence-corrected chi connectivity index (χ0v) is 11.1. The minimum Gasteiger partial charge on any atom is -0.383 e. The molecule has 0 saturated heterocycles. The SMILES string of the molecule is COCC(C)NC(=NCc1ccc(C)nc1)NN. The fraction of sp³-hybridized carbons (Fsp3) is 0.500. The summed E-state index contributed by atoms with van der Waals surface area (Å²) >= 11 is 0. The van der Waals surface area contributed by atoms with Gasteiger partial charge in [0.15, 0.2) is 0 Å². The number of hydrogen-bond donors (Lipinski definition) is 3. The molecular formula is C12H21N5O. The maximum atomic E-state index is 5.41. The number of aryl methyl sites for hydroxylation is 1. The van der Waals surface area contributed by atoms with Gasteiger partial charge in [-0.1, -0.05) is 6.07 Å². The van der Waals surface area contributed by atoms with Crippen molar-refractivity contribution in [3.8, 4) is 0 Å². The Morgan fingerprint density at radius 2 is 2.33 bits per heavy atom. The summed E-state index contributed by atoms with van der Waals surface area (Å²) in [5.74, 6) is 5.95. The molecule has 0 amide bonds. The van der Waals surface area contributed by atoms with E-state index in [1.807, 2.05) is 32.2 Å². The quantitative estimate of drug-likeness (QED) is 0.304. The van der Waals surface area contributed by atoms with Gasteiger partial charge < -0.3 is 10.1 Å². The van der Waals surface area contributed by atoms with Crippen LogP contribution in [0.15, 0.2) is 23.3 Å². The molecule has 100 valence electrons. The van der Waals surface area contributed by atoms with Gasteiger partial charge in [-0.15, -0.1) is 0 Å². The Morgan fingerprint density at radius 3 is 2.89 bits per heavy atom. The molecule has 1 heterocycles. The molecule has 1 unspecified atom stereocenters. The third-order valence-electron chi connectivity index (χ3n) is 2.33. The van der Waals surface area contributed by atoms with Crippen LogP contribution in [0.1, 0.15) is 18.2 Å². The largest absolute Gasteiger partial charge is 0.383 e. The zero-order valence-electron chi connectivity index (χ0n) is 11.1. The maximum Gasteiger partial charge on any atom is 0.206 e. The fourth-order valence-electron chi connectivity index (χ4n) is 1.42. The number of guanidine groups is 1. The lowest BCUT2D eigenvalue weighted by atomic mass is 10.2. The molecule has 0 aliphatic heterocycles. The van der Waals surface area contributed by atoms with Crippen molar-refractivity contribution in [3.05, 3.63) is 29.6 Å². The number of aliphatic imine (C=N–C) groups is 1. The number of nitrogens with zero attached hydrogens (tertiary/aromatic N) is 2. The second-order valence-corrected chi connectivity index (χ2v) is 4.12. The molecule has 1 aromatic rings. The van der Waals surface area contributed by atoms with Gasteiger partial charge in [0.1, 0.15) is 0 Å². The van der Waals surface area contributed by atoms with Crippen molar-refractivity contribution in [3.63, 3.8) is 0 Å². The van der Waals surface area contributed by atoms with Crippen LogP contribution in [-0.2, 0) is 11.3 Å². The molecule has 0 bridgehead atoms. The minimum absolute atomic E-state index is 0.140. The van der Waals surface area contributed by atoms with E-state index in [4.69, 9.17) is 10.6 Å². The molecular weight excluding hydrogens is 230 g/mol. The van der Waals surface area contributed by atoms with Crippen molar-refractivity contribution >= 4 is 5.96 Å². The van der Waals surface area contributed by atoms with E-state index >= 15 is 0 Å². The highest BCUT2D eigenvalue weighted by molar-refractivity contribution is 5.79. The smallest absolute Gasteiger partial charge is 0.206 e. The molecule has 0 saturated carbocycles. The molecule has 18 heavy (non-hydrogen) atoms. The van der Waals surface area contributed by atoms with Crippen LogP contribution in [0.25, 0.3) is 0 Å². The fourth-order valence-corrected chi connectivity index (χ4v) is 1.42. The van der Waals surface area contributed by atoms with E-state index in [1.165, 1.54) is 0 Å². The number of methoxy groups -OCH3 is 1. The molecule has 0 spiro atoms. The highest BCUT2D eigenvalue weighted by atomic mass is 16.5. The van der Waals surface area contributed by atoms with Gasteiger partial charge in [-0.25, -0.2) is 10.8 Å². The van der Waals surface area contributed by atoms with Crippen LogP contribution in [0, 0.1) is 6.92 Å². The lowest BCUT2D eigenvalue weighted by Crippen LogP contribution is -2.46. The first-order valence-corrected chi connectivity index (χ1v) is 5.83. The van der Waals surface area contributed by atoms with Crippen LogP contribution in [0.4, 0.5) is 0 Å². The Morgan fingerprint density at radius 1 is 1.56 bits per heavy atom. The minimum atomic E-state index is 0.140. The van der Waals surface area contributed by atoms with Crippen LogP contribution < -0.4 is 16.6 Å². The van der Waals surface area contributed by atoms with Crippen molar-refractivity contribution in [2.75, 3.05) is 13.7 Å². The average molecular weight is 251 g/mol. The Kier molecular flexibility index (Phi) is 6.10. The second-order valence-electron chi connectivity index (χ2n) is 4.12. The Balaban J connectivity index is 2.54. The number of ether oxygens (including phenoxy) is 1. The van der Waals surface area contributed by atoms with Gasteiger partial charge in [0.2, 0.25) is 5.96 Å². The summed E-state index contributed by atoms with van der Waals surface area (Å²) in [5.41, 5.74) is 4.56.